The zero-order valence-corrected chi connectivity index (χ0v) is 12.0. The minimum Gasteiger partial charge on any atom is -0.378 e. The van der Waals surface area contributed by atoms with Crippen molar-refractivity contribution in [2.24, 2.45) is 0 Å². The van der Waals surface area contributed by atoms with E-state index in [-0.39, 0.29) is 6.54 Å². The lowest BCUT2D eigenvalue weighted by molar-refractivity contribution is 0.444. The number of nitrogens with zero attached hydrogens (tertiary/aromatic N) is 1. The molecule has 1 N–H and O–H groups in total. The number of hydrogen-bond donors (Lipinski definition) is 1. The Hall–Kier alpha value is -2.01. The predicted molar refractivity (Wildman–Crippen MR) is 77.6 cm³/mol. The molecule has 0 aromatic heterocycles. The largest absolute Gasteiger partial charge is 0.378 e. The van der Waals surface area contributed by atoms with E-state index in [9.17, 15) is 13.2 Å². The van der Waals surface area contributed by atoms with Gasteiger partial charge in [-0.3, -0.25) is 0 Å². The van der Waals surface area contributed by atoms with Gasteiger partial charge < -0.3 is 10.2 Å². The maximum Gasteiger partial charge on any atom is 0.194 e. The van der Waals surface area contributed by atoms with Gasteiger partial charge >= 0.3 is 0 Å². The number of benzene rings is 2. The second kappa shape index (κ2) is 6.63. The topological polar surface area (TPSA) is 15.3 Å². The van der Waals surface area contributed by atoms with Crippen molar-refractivity contribution in [1.29, 1.82) is 0 Å². The second-order valence-electron chi connectivity index (χ2n) is 5.04. The summed E-state index contributed by atoms with van der Waals surface area (Å²) in [5, 5.41) is 3.07. The third-order valence-electron chi connectivity index (χ3n) is 3.15. The van der Waals surface area contributed by atoms with Gasteiger partial charge in [-0.05, 0) is 35.4 Å². The van der Waals surface area contributed by atoms with Crippen molar-refractivity contribution >= 4 is 5.69 Å². The molecule has 0 aliphatic carbocycles. The maximum absolute atomic E-state index is 13.1. The SMILES string of the molecule is CN(C)c1ccc(CNCc2cc(F)c(F)c(F)c2)cc1. The minimum atomic E-state index is -1.43. The van der Waals surface area contributed by atoms with Crippen LogP contribution in [0.2, 0.25) is 0 Å². The molecule has 112 valence electrons. The van der Waals surface area contributed by atoms with E-state index in [0.29, 0.717) is 12.1 Å². The molecule has 21 heavy (non-hydrogen) atoms. The van der Waals surface area contributed by atoms with Gasteiger partial charge in [0.15, 0.2) is 17.5 Å². The lowest BCUT2D eigenvalue weighted by atomic mass is 10.1. The molecule has 0 spiro atoms. The third-order valence-corrected chi connectivity index (χ3v) is 3.15. The van der Waals surface area contributed by atoms with Gasteiger partial charge in [0.25, 0.3) is 0 Å². The molecule has 0 saturated carbocycles. The van der Waals surface area contributed by atoms with Crippen molar-refractivity contribution < 1.29 is 13.2 Å². The number of nitrogens with one attached hydrogen (secondary N) is 1. The summed E-state index contributed by atoms with van der Waals surface area (Å²) in [4.78, 5) is 2.00. The van der Waals surface area contributed by atoms with Crippen LogP contribution in [0, 0.1) is 17.5 Å². The highest BCUT2D eigenvalue weighted by atomic mass is 19.2. The molecule has 0 aliphatic heterocycles. The van der Waals surface area contributed by atoms with Crippen LogP contribution in [0.25, 0.3) is 0 Å². The third kappa shape index (κ3) is 3.98. The average Bonchev–Trinajstić information content (AvgIpc) is 2.45. The molecule has 0 bridgehead atoms. The van der Waals surface area contributed by atoms with Crippen molar-refractivity contribution in [3.63, 3.8) is 0 Å². The van der Waals surface area contributed by atoms with Gasteiger partial charge in [-0.1, -0.05) is 12.1 Å². The van der Waals surface area contributed by atoms with Gasteiger partial charge in [-0.2, -0.15) is 0 Å². The maximum atomic E-state index is 13.1. The van der Waals surface area contributed by atoms with E-state index in [1.165, 1.54) is 0 Å². The van der Waals surface area contributed by atoms with Crippen LogP contribution < -0.4 is 10.2 Å². The Labute approximate surface area is 122 Å². The molecule has 2 aromatic rings. The Bertz CT molecular complexity index is 586. The van der Waals surface area contributed by atoms with Crippen molar-refractivity contribution in [1.82, 2.24) is 5.32 Å². The summed E-state index contributed by atoms with van der Waals surface area (Å²) in [6.45, 7) is 0.831. The van der Waals surface area contributed by atoms with Gasteiger partial charge in [0.05, 0.1) is 0 Å². The van der Waals surface area contributed by atoms with Gasteiger partial charge in [0.1, 0.15) is 0 Å². The quantitative estimate of drug-likeness (QED) is 0.850. The van der Waals surface area contributed by atoms with E-state index in [1.54, 1.807) is 0 Å². The van der Waals surface area contributed by atoms with E-state index in [4.69, 9.17) is 0 Å². The molecular weight excluding hydrogens is 277 g/mol. The van der Waals surface area contributed by atoms with Gasteiger partial charge in [0, 0.05) is 32.9 Å². The molecule has 5 heteroatoms. The summed E-state index contributed by atoms with van der Waals surface area (Å²) in [7, 11) is 3.93. The van der Waals surface area contributed by atoms with Gasteiger partial charge in [-0.15, -0.1) is 0 Å². The number of hydrogen-bond acceptors (Lipinski definition) is 2. The number of rotatable bonds is 5. The monoisotopic (exact) mass is 294 g/mol. The fourth-order valence-electron chi connectivity index (χ4n) is 1.97. The van der Waals surface area contributed by atoms with E-state index in [1.807, 2.05) is 43.3 Å². The lowest BCUT2D eigenvalue weighted by Crippen LogP contribution is -2.14. The first-order valence-corrected chi connectivity index (χ1v) is 6.58. The Morgan fingerprint density at radius 1 is 0.857 bits per heavy atom. The zero-order chi connectivity index (χ0) is 15.4. The van der Waals surface area contributed by atoms with E-state index in [2.05, 4.69) is 5.32 Å². The normalized spacial score (nSPS) is 10.7. The summed E-state index contributed by atoms with van der Waals surface area (Å²) >= 11 is 0. The highest BCUT2D eigenvalue weighted by Crippen LogP contribution is 2.14. The molecule has 0 atom stereocenters. The molecule has 2 aromatic carbocycles. The van der Waals surface area contributed by atoms with E-state index < -0.39 is 17.5 Å². The Kier molecular flexibility index (Phi) is 4.85. The molecule has 0 fully saturated rings. The van der Waals surface area contributed by atoms with Gasteiger partial charge in [-0.25, -0.2) is 13.2 Å². The molecule has 0 unspecified atom stereocenters. The van der Waals surface area contributed by atoms with Crippen LogP contribution in [0.1, 0.15) is 11.1 Å². The molecule has 2 nitrogen and oxygen atoms in total. The number of anilines is 1. The second-order valence-corrected chi connectivity index (χ2v) is 5.04. The molecule has 0 heterocycles. The summed E-state index contributed by atoms with van der Waals surface area (Å²) in [6.07, 6.45) is 0. The first-order chi connectivity index (χ1) is 9.97. The van der Waals surface area contributed by atoms with Crippen molar-refractivity contribution in [2.75, 3.05) is 19.0 Å². The van der Waals surface area contributed by atoms with Crippen LogP contribution in [0.5, 0.6) is 0 Å². The predicted octanol–water partition coefficient (Wildman–Crippen LogP) is 3.46. The molecular formula is C16H17F3N2. The minimum absolute atomic E-state index is 0.267. The highest BCUT2D eigenvalue weighted by molar-refractivity contribution is 5.45. The summed E-state index contributed by atoms with van der Waals surface area (Å²) in [5.41, 5.74) is 2.53. The lowest BCUT2D eigenvalue weighted by Gasteiger charge is -2.13. The van der Waals surface area contributed by atoms with Crippen LogP contribution in [0.15, 0.2) is 36.4 Å². The molecule has 2 rings (SSSR count). The van der Waals surface area contributed by atoms with E-state index in [0.717, 1.165) is 23.4 Å². The average molecular weight is 294 g/mol. The highest BCUT2D eigenvalue weighted by Gasteiger charge is 2.10. The Morgan fingerprint density at radius 2 is 1.38 bits per heavy atom. The smallest absolute Gasteiger partial charge is 0.194 e. The Morgan fingerprint density at radius 3 is 1.90 bits per heavy atom. The van der Waals surface area contributed by atoms with E-state index >= 15 is 0 Å². The van der Waals surface area contributed by atoms with Crippen LogP contribution in [0.4, 0.5) is 18.9 Å². The van der Waals surface area contributed by atoms with Crippen molar-refractivity contribution in [3.8, 4) is 0 Å². The fourth-order valence-corrected chi connectivity index (χ4v) is 1.97. The van der Waals surface area contributed by atoms with Gasteiger partial charge in [0.2, 0.25) is 0 Å². The molecule has 0 saturated heterocycles. The molecule has 0 aliphatic rings. The first-order valence-electron chi connectivity index (χ1n) is 6.58. The summed E-state index contributed by atoms with van der Waals surface area (Å²) < 4.78 is 39.0. The number of halogens is 3. The molecule has 0 radical (unpaired) electrons. The van der Waals surface area contributed by atoms with Crippen LogP contribution >= 0.6 is 0 Å². The van der Waals surface area contributed by atoms with Crippen molar-refractivity contribution in [2.45, 2.75) is 13.1 Å². The zero-order valence-electron chi connectivity index (χ0n) is 12.0. The Balaban J connectivity index is 1.92. The van der Waals surface area contributed by atoms with Crippen LogP contribution in [-0.2, 0) is 13.1 Å². The van der Waals surface area contributed by atoms with Crippen LogP contribution in [-0.4, -0.2) is 14.1 Å². The molecule has 0 amide bonds. The van der Waals surface area contributed by atoms with Crippen molar-refractivity contribution in [3.05, 3.63) is 65.0 Å². The standard InChI is InChI=1S/C16H17F3N2/c1-21(2)13-5-3-11(4-6-13)9-20-10-12-7-14(17)16(19)15(18)8-12/h3-8,20H,9-10H2,1-2H3. The summed E-state index contributed by atoms with van der Waals surface area (Å²) in [6, 6.07) is 9.95. The summed E-state index contributed by atoms with van der Waals surface area (Å²) in [5.74, 6) is -3.76. The van der Waals surface area contributed by atoms with Crippen LogP contribution in [0.3, 0.4) is 0 Å². The fraction of sp³-hybridized carbons (Fsp3) is 0.250. The first kappa shape index (κ1) is 15.4.